The highest BCUT2D eigenvalue weighted by molar-refractivity contribution is 5.25. The Morgan fingerprint density at radius 2 is 1.58 bits per heavy atom. The predicted octanol–water partition coefficient (Wildman–Crippen LogP) is 3.70. The molecule has 0 aliphatic heterocycles. The number of benzene rings is 2. The number of aryl methyl sites for hydroxylation is 1. The van der Waals surface area contributed by atoms with Gasteiger partial charge >= 0.3 is 0 Å². The molecule has 0 aliphatic rings. The molecular weight excluding hydrogens is 251 g/mol. The highest BCUT2D eigenvalue weighted by Crippen LogP contribution is 2.14. The van der Waals surface area contributed by atoms with Gasteiger partial charge in [-0.05, 0) is 35.7 Å². The van der Waals surface area contributed by atoms with E-state index in [-0.39, 0.29) is 6.54 Å². The fraction of sp³-hybridized carbons (Fsp3) is 0.200. The molecule has 0 unspecified atom stereocenters. The topological polar surface area (TPSA) is 12.0 Å². The van der Waals surface area contributed by atoms with Crippen LogP contribution in [0, 0.1) is 24.4 Å². The molecule has 4 heteroatoms. The quantitative estimate of drug-likeness (QED) is 0.831. The molecule has 0 aliphatic carbocycles. The van der Waals surface area contributed by atoms with Gasteiger partial charge in [0.05, 0.1) is 0 Å². The molecule has 2 rings (SSSR count). The van der Waals surface area contributed by atoms with Gasteiger partial charge in [-0.25, -0.2) is 13.2 Å². The van der Waals surface area contributed by atoms with E-state index in [1.807, 2.05) is 31.2 Å². The van der Waals surface area contributed by atoms with Crippen molar-refractivity contribution in [2.45, 2.75) is 20.0 Å². The lowest BCUT2D eigenvalue weighted by atomic mass is 10.1. The molecule has 0 bridgehead atoms. The van der Waals surface area contributed by atoms with Gasteiger partial charge in [0.1, 0.15) is 0 Å². The van der Waals surface area contributed by atoms with Crippen LogP contribution in [0.15, 0.2) is 36.4 Å². The van der Waals surface area contributed by atoms with E-state index in [9.17, 15) is 13.2 Å². The van der Waals surface area contributed by atoms with E-state index in [0.29, 0.717) is 12.1 Å². The average molecular weight is 265 g/mol. The molecule has 2 aromatic carbocycles. The molecule has 19 heavy (non-hydrogen) atoms. The van der Waals surface area contributed by atoms with Gasteiger partial charge in [-0.1, -0.05) is 24.3 Å². The predicted molar refractivity (Wildman–Crippen MR) is 68.0 cm³/mol. The summed E-state index contributed by atoms with van der Waals surface area (Å²) < 4.78 is 38.8. The average Bonchev–Trinajstić information content (AvgIpc) is 2.38. The Bertz CT molecular complexity index is 558. The molecule has 1 nitrogen and oxygen atoms in total. The molecule has 100 valence electrons. The first-order valence-electron chi connectivity index (χ1n) is 5.96. The number of hydrogen-bond donors (Lipinski definition) is 1. The second-order valence-corrected chi connectivity index (χ2v) is 4.40. The normalized spacial score (nSPS) is 10.7. The van der Waals surface area contributed by atoms with Crippen molar-refractivity contribution in [2.75, 3.05) is 0 Å². The van der Waals surface area contributed by atoms with Crippen molar-refractivity contribution in [1.29, 1.82) is 0 Å². The van der Waals surface area contributed by atoms with Crippen LogP contribution in [0.3, 0.4) is 0 Å². The Labute approximate surface area is 110 Å². The van der Waals surface area contributed by atoms with E-state index in [1.54, 1.807) is 0 Å². The zero-order valence-corrected chi connectivity index (χ0v) is 10.5. The fourth-order valence-corrected chi connectivity index (χ4v) is 1.86. The van der Waals surface area contributed by atoms with Gasteiger partial charge in [-0.15, -0.1) is 0 Å². The maximum atomic E-state index is 13.0. The minimum absolute atomic E-state index is 0.280. The maximum Gasteiger partial charge on any atom is 0.194 e. The first kappa shape index (κ1) is 13.6. The largest absolute Gasteiger partial charge is 0.309 e. The summed E-state index contributed by atoms with van der Waals surface area (Å²) in [6.45, 7) is 2.87. The van der Waals surface area contributed by atoms with Crippen molar-refractivity contribution >= 4 is 0 Å². The Morgan fingerprint density at radius 1 is 0.947 bits per heavy atom. The monoisotopic (exact) mass is 265 g/mol. The molecule has 0 fully saturated rings. The van der Waals surface area contributed by atoms with Crippen molar-refractivity contribution in [3.05, 3.63) is 70.5 Å². The molecule has 0 saturated heterocycles. The molecule has 0 radical (unpaired) electrons. The Hall–Kier alpha value is -1.81. The van der Waals surface area contributed by atoms with Gasteiger partial charge < -0.3 is 5.32 Å². The lowest BCUT2D eigenvalue weighted by molar-refractivity contribution is 0.444. The second-order valence-electron chi connectivity index (χ2n) is 4.40. The zero-order chi connectivity index (χ0) is 13.8. The van der Waals surface area contributed by atoms with Crippen LogP contribution in [-0.2, 0) is 13.1 Å². The highest BCUT2D eigenvalue weighted by atomic mass is 19.2. The molecule has 0 heterocycles. The third-order valence-corrected chi connectivity index (χ3v) is 2.95. The van der Waals surface area contributed by atoms with Crippen LogP contribution in [-0.4, -0.2) is 0 Å². The van der Waals surface area contributed by atoms with E-state index >= 15 is 0 Å². The minimum Gasteiger partial charge on any atom is -0.309 e. The van der Waals surface area contributed by atoms with Crippen LogP contribution in [0.2, 0.25) is 0 Å². The summed E-state index contributed by atoms with van der Waals surface area (Å²) in [6, 6.07) is 9.86. The number of rotatable bonds is 4. The molecule has 0 saturated carbocycles. The van der Waals surface area contributed by atoms with Crippen molar-refractivity contribution in [3.8, 4) is 0 Å². The van der Waals surface area contributed by atoms with Crippen LogP contribution in [0.25, 0.3) is 0 Å². The number of halogens is 3. The van der Waals surface area contributed by atoms with Gasteiger partial charge in [0, 0.05) is 13.1 Å². The van der Waals surface area contributed by atoms with Crippen LogP contribution in [0.1, 0.15) is 16.7 Å². The Morgan fingerprint density at radius 3 is 2.21 bits per heavy atom. The second kappa shape index (κ2) is 5.89. The van der Waals surface area contributed by atoms with E-state index in [4.69, 9.17) is 0 Å². The summed E-state index contributed by atoms with van der Waals surface area (Å²) in [4.78, 5) is 0. The Balaban J connectivity index is 1.98. The molecule has 0 aromatic heterocycles. The minimum atomic E-state index is -1.43. The van der Waals surface area contributed by atoms with Crippen molar-refractivity contribution in [1.82, 2.24) is 5.32 Å². The van der Waals surface area contributed by atoms with Gasteiger partial charge in [0.15, 0.2) is 17.5 Å². The maximum absolute atomic E-state index is 13.0. The fourth-order valence-electron chi connectivity index (χ4n) is 1.86. The highest BCUT2D eigenvalue weighted by Gasteiger charge is 2.10. The van der Waals surface area contributed by atoms with E-state index in [1.165, 1.54) is 0 Å². The van der Waals surface area contributed by atoms with Gasteiger partial charge in [-0.2, -0.15) is 0 Å². The molecular formula is C15H14F3N. The summed E-state index contributed by atoms with van der Waals surface area (Å²) in [6.07, 6.45) is 0. The Kier molecular flexibility index (Phi) is 4.22. The smallest absolute Gasteiger partial charge is 0.194 e. The summed E-state index contributed by atoms with van der Waals surface area (Å²) in [7, 11) is 0. The van der Waals surface area contributed by atoms with Crippen LogP contribution < -0.4 is 5.32 Å². The standard InChI is InChI=1S/C15H14F3N/c1-10-4-2-3-5-12(10)9-19-8-11-6-13(16)15(18)14(17)7-11/h2-7,19H,8-9H2,1H3. The van der Waals surface area contributed by atoms with Gasteiger partial charge in [0.25, 0.3) is 0 Å². The lowest BCUT2D eigenvalue weighted by Gasteiger charge is -2.08. The first-order valence-corrected chi connectivity index (χ1v) is 5.96. The molecule has 1 N–H and O–H groups in total. The SMILES string of the molecule is Cc1ccccc1CNCc1cc(F)c(F)c(F)c1. The van der Waals surface area contributed by atoms with Crippen molar-refractivity contribution < 1.29 is 13.2 Å². The van der Waals surface area contributed by atoms with E-state index < -0.39 is 17.5 Å². The first-order chi connectivity index (χ1) is 9.08. The van der Waals surface area contributed by atoms with Crippen LogP contribution in [0.5, 0.6) is 0 Å². The third-order valence-electron chi connectivity index (χ3n) is 2.95. The van der Waals surface area contributed by atoms with Crippen LogP contribution >= 0.6 is 0 Å². The lowest BCUT2D eigenvalue weighted by Crippen LogP contribution is -2.14. The molecule has 0 amide bonds. The van der Waals surface area contributed by atoms with Crippen LogP contribution in [0.4, 0.5) is 13.2 Å². The van der Waals surface area contributed by atoms with Crippen molar-refractivity contribution in [2.24, 2.45) is 0 Å². The summed E-state index contributed by atoms with van der Waals surface area (Å²) in [5.74, 6) is -3.75. The number of nitrogens with one attached hydrogen (secondary N) is 1. The van der Waals surface area contributed by atoms with Gasteiger partial charge in [0.2, 0.25) is 0 Å². The van der Waals surface area contributed by atoms with Gasteiger partial charge in [-0.3, -0.25) is 0 Å². The summed E-state index contributed by atoms with van der Waals surface area (Å²) in [5, 5.41) is 3.08. The summed E-state index contributed by atoms with van der Waals surface area (Å²) in [5.41, 5.74) is 2.64. The molecule has 2 aromatic rings. The summed E-state index contributed by atoms with van der Waals surface area (Å²) >= 11 is 0. The zero-order valence-electron chi connectivity index (χ0n) is 10.5. The molecule has 0 spiro atoms. The number of hydrogen-bond acceptors (Lipinski definition) is 1. The third kappa shape index (κ3) is 3.35. The van der Waals surface area contributed by atoms with Crippen molar-refractivity contribution in [3.63, 3.8) is 0 Å². The van der Waals surface area contributed by atoms with E-state index in [0.717, 1.165) is 23.3 Å². The molecule has 0 atom stereocenters. The van der Waals surface area contributed by atoms with E-state index in [2.05, 4.69) is 5.32 Å².